The number of nitro groups is 1. The first-order valence-electron chi connectivity index (χ1n) is 7.32. The van der Waals surface area contributed by atoms with Crippen LogP contribution in [0.15, 0.2) is 10.7 Å². The van der Waals surface area contributed by atoms with Crippen molar-refractivity contribution in [2.75, 3.05) is 11.9 Å². The molecule has 1 saturated carbocycles. The summed E-state index contributed by atoms with van der Waals surface area (Å²) < 4.78 is 0.692. The maximum atomic E-state index is 10.9. The lowest BCUT2D eigenvalue weighted by atomic mass is 9.70. The van der Waals surface area contributed by atoms with E-state index in [4.69, 9.17) is 0 Å². The summed E-state index contributed by atoms with van der Waals surface area (Å²) in [4.78, 5) is 14.8. The highest BCUT2D eigenvalue weighted by Gasteiger charge is 2.41. The minimum Gasteiger partial charge on any atom is -0.366 e. The smallest absolute Gasteiger partial charge is 0.291 e. The highest BCUT2D eigenvalue weighted by molar-refractivity contribution is 9.10. The van der Waals surface area contributed by atoms with Gasteiger partial charge in [0.15, 0.2) is 0 Å². The predicted molar refractivity (Wildman–Crippen MR) is 84.6 cm³/mol. The van der Waals surface area contributed by atoms with Gasteiger partial charge in [-0.2, -0.15) is 0 Å². The number of pyridine rings is 1. The van der Waals surface area contributed by atoms with Crippen molar-refractivity contribution in [3.63, 3.8) is 0 Å². The van der Waals surface area contributed by atoms with Crippen LogP contribution in [0.2, 0.25) is 0 Å². The van der Waals surface area contributed by atoms with E-state index in [-0.39, 0.29) is 5.69 Å². The number of hydrogen-bond donors (Lipinski definition) is 2. The van der Waals surface area contributed by atoms with Gasteiger partial charge in [-0.3, -0.25) is 10.1 Å². The van der Waals surface area contributed by atoms with Crippen molar-refractivity contribution in [2.45, 2.75) is 50.6 Å². The molecule has 1 aliphatic carbocycles. The highest BCUT2D eigenvalue weighted by Crippen LogP contribution is 2.39. The second-order valence-corrected chi connectivity index (χ2v) is 6.88. The quantitative estimate of drug-likeness (QED) is 0.643. The minimum absolute atomic E-state index is 0.0493. The van der Waals surface area contributed by atoms with Crippen LogP contribution < -0.4 is 10.6 Å². The summed E-state index contributed by atoms with van der Waals surface area (Å²) in [6.45, 7) is 2.76. The van der Waals surface area contributed by atoms with Crippen molar-refractivity contribution < 1.29 is 4.92 Å². The van der Waals surface area contributed by atoms with Gasteiger partial charge in [-0.15, -0.1) is 0 Å². The molecule has 2 aliphatic rings. The second-order valence-electron chi connectivity index (χ2n) is 6.08. The van der Waals surface area contributed by atoms with E-state index in [0.717, 1.165) is 19.4 Å². The lowest BCUT2D eigenvalue weighted by Crippen LogP contribution is -2.58. The van der Waals surface area contributed by atoms with E-state index in [1.54, 1.807) is 6.92 Å². The Morgan fingerprint density at radius 3 is 2.95 bits per heavy atom. The van der Waals surface area contributed by atoms with Crippen LogP contribution in [0.1, 0.15) is 37.7 Å². The van der Waals surface area contributed by atoms with Crippen molar-refractivity contribution in [1.82, 2.24) is 10.3 Å². The van der Waals surface area contributed by atoms with Gasteiger partial charge in [0.05, 0.1) is 9.40 Å². The monoisotopic (exact) mass is 354 g/mol. The van der Waals surface area contributed by atoms with E-state index in [0.29, 0.717) is 27.4 Å². The molecule has 0 aromatic carbocycles. The van der Waals surface area contributed by atoms with Crippen molar-refractivity contribution in [3.05, 3.63) is 26.3 Å². The Kier molecular flexibility index (Phi) is 3.88. The zero-order valence-electron chi connectivity index (χ0n) is 12.0. The summed E-state index contributed by atoms with van der Waals surface area (Å²) in [7, 11) is 0. The van der Waals surface area contributed by atoms with Gasteiger partial charge in [-0.05, 0) is 61.5 Å². The molecule has 2 fully saturated rings. The third kappa shape index (κ3) is 2.76. The zero-order chi connectivity index (χ0) is 15.0. The SMILES string of the molecule is Cc1c([N+](=O)[O-])cnc(NC2CCNC3(CCC3)C2)c1Br. The largest absolute Gasteiger partial charge is 0.366 e. The Hall–Kier alpha value is -1.21. The highest BCUT2D eigenvalue weighted by atomic mass is 79.9. The number of rotatable bonds is 3. The van der Waals surface area contributed by atoms with Gasteiger partial charge in [0, 0.05) is 17.1 Å². The molecule has 2 N–H and O–H groups in total. The molecule has 1 spiro atoms. The number of nitrogens with one attached hydrogen (secondary N) is 2. The normalized spacial score (nSPS) is 23.6. The first kappa shape index (κ1) is 14.7. The van der Waals surface area contributed by atoms with E-state index in [1.165, 1.54) is 25.5 Å². The van der Waals surface area contributed by atoms with E-state index in [1.807, 2.05) is 0 Å². The Balaban J connectivity index is 1.75. The fraction of sp³-hybridized carbons (Fsp3) is 0.643. The zero-order valence-corrected chi connectivity index (χ0v) is 13.6. The Morgan fingerprint density at radius 1 is 1.57 bits per heavy atom. The number of piperidine rings is 1. The second kappa shape index (κ2) is 5.53. The Bertz CT molecular complexity index is 574. The molecule has 3 rings (SSSR count). The number of aromatic nitrogens is 1. The molecule has 1 unspecified atom stereocenters. The van der Waals surface area contributed by atoms with E-state index >= 15 is 0 Å². The molecule has 21 heavy (non-hydrogen) atoms. The van der Waals surface area contributed by atoms with Crippen LogP contribution in [0, 0.1) is 17.0 Å². The molecule has 1 aromatic rings. The Morgan fingerprint density at radius 2 is 2.33 bits per heavy atom. The van der Waals surface area contributed by atoms with Crippen LogP contribution in [-0.4, -0.2) is 28.0 Å². The third-order valence-corrected chi connectivity index (χ3v) is 5.69. The molecule has 2 heterocycles. The summed E-state index contributed by atoms with van der Waals surface area (Å²) >= 11 is 3.44. The molecule has 114 valence electrons. The van der Waals surface area contributed by atoms with Crippen molar-refractivity contribution >= 4 is 27.4 Å². The van der Waals surface area contributed by atoms with Gasteiger partial charge in [-0.25, -0.2) is 4.98 Å². The topological polar surface area (TPSA) is 80.1 Å². The minimum atomic E-state index is -0.398. The average Bonchev–Trinajstić information content (AvgIpc) is 2.42. The van der Waals surface area contributed by atoms with E-state index < -0.39 is 4.92 Å². The molecular weight excluding hydrogens is 336 g/mol. The summed E-state index contributed by atoms with van der Waals surface area (Å²) in [6, 6.07) is 0.371. The molecule has 0 radical (unpaired) electrons. The lowest BCUT2D eigenvalue weighted by molar-refractivity contribution is -0.385. The summed E-state index contributed by atoms with van der Waals surface area (Å²) in [5.41, 5.74) is 0.982. The average molecular weight is 355 g/mol. The predicted octanol–water partition coefficient (Wildman–Crippen LogP) is 3.15. The molecular formula is C14H19BrN4O2. The molecule has 1 atom stereocenters. The number of nitrogens with zero attached hydrogens (tertiary/aromatic N) is 2. The first-order chi connectivity index (χ1) is 10.0. The van der Waals surface area contributed by atoms with Crippen LogP contribution in [0.5, 0.6) is 0 Å². The lowest BCUT2D eigenvalue weighted by Gasteiger charge is -2.48. The first-order valence-corrected chi connectivity index (χ1v) is 8.11. The number of hydrogen-bond acceptors (Lipinski definition) is 5. The van der Waals surface area contributed by atoms with Gasteiger partial charge in [0.1, 0.15) is 12.0 Å². The molecule has 1 saturated heterocycles. The van der Waals surface area contributed by atoms with Gasteiger partial charge >= 0.3 is 0 Å². The van der Waals surface area contributed by atoms with Gasteiger partial charge in [0.2, 0.25) is 0 Å². The Labute approximate surface area is 132 Å². The van der Waals surface area contributed by atoms with Gasteiger partial charge in [0.25, 0.3) is 5.69 Å². The molecule has 7 heteroatoms. The molecule has 0 amide bonds. The molecule has 6 nitrogen and oxygen atoms in total. The van der Waals surface area contributed by atoms with Gasteiger partial charge in [-0.1, -0.05) is 0 Å². The van der Waals surface area contributed by atoms with Gasteiger partial charge < -0.3 is 10.6 Å². The standard InChI is InChI=1S/C14H19BrN4O2/c1-9-11(19(20)21)8-16-13(12(9)15)18-10-3-6-17-14(7-10)4-2-5-14/h8,10,17H,2-7H2,1H3,(H,16,18). The fourth-order valence-electron chi connectivity index (χ4n) is 3.31. The summed E-state index contributed by atoms with van der Waals surface area (Å²) in [5.74, 6) is 0.708. The van der Waals surface area contributed by atoms with Crippen molar-refractivity contribution in [2.24, 2.45) is 0 Å². The summed E-state index contributed by atoms with van der Waals surface area (Å²) in [5, 5.41) is 18.0. The van der Waals surface area contributed by atoms with Crippen molar-refractivity contribution in [3.8, 4) is 0 Å². The van der Waals surface area contributed by atoms with Crippen LogP contribution in [0.4, 0.5) is 11.5 Å². The van der Waals surface area contributed by atoms with E-state index in [2.05, 4.69) is 31.5 Å². The summed E-state index contributed by atoms with van der Waals surface area (Å²) in [6.07, 6.45) is 7.28. The fourth-order valence-corrected chi connectivity index (χ4v) is 3.73. The van der Waals surface area contributed by atoms with E-state index in [9.17, 15) is 10.1 Å². The van der Waals surface area contributed by atoms with Crippen LogP contribution in [-0.2, 0) is 0 Å². The maximum absolute atomic E-state index is 10.9. The molecule has 0 bridgehead atoms. The van der Waals surface area contributed by atoms with Crippen LogP contribution in [0.3, 0.4) is 0 Å². The number of anilines is 1. The molecule has 1 aromatic heterocycles. The third-order valence-electron chi connectivity index (χ3n) is 4.72. The van der Waals surface area contributed by atoms with Crippen molar-refractivity contribution in [1.29, 1.82) is 0 Å². The number of halogens is 1. The van der Waals surface area contributed by atoms with Crippen LogP contribution in [0.25, 0.3) is 0 Å². The molecule has 1 aliphatic heterocycles. The maximum Gasteiger partial charge on any atom is 0.291 e. The van der Waals surface area contributed by atoms with Crippen LogP contribution >= 0.6 is 15.9 Å².